The molecule has 0 radical (unpaired) electrons. The molecule has 0 aliphatic carbocycles. The fraction of sp³-hybridized carbons (Fsp3) is 0.429. The number of carbonyl (C=O) groups excluding carboxylic acids is 2. The number of rotatable bonds is 7. The van der Waals surface area contributed by atoms with Crippen LogP contribution < -0.4 is 4.74 Å². The number of aldehydes is 1. The Bertz CT molecular complexity index is 370. The van der Waals surface area contributed by atoms with E-state index >= 15 is 0 Å². The number of hydrogen-bond acceptors (Lipinski definition) is 4. The van der Waals surface area contributed by atoms with Crippen LogP contribution in [0.15, 0.2) is 24.3 Å². The van der Waals surface area contributed by atoms with Crippen molar-refractivity contribution in [1.82, 2.24) is 0 Å². The SMILES string of the molecule is CCCCCCOC(=O)Oc1ccc(C=O)cc1. The first-order chi connectivity index (χ1) is 8.76. The van der Waals surface area contributed by atoms with Gasteiger partial charge in [-0.1, -0.05) is 26.2 Å². The van der Waals surface area contributed by atoms with Crippen molar-refractivity contribution in [1.29, 1.82) is 0 Å². The first-order valence-electron chi connectivity index (χ1n) is 6.16. The molecule has 0 amide bonds. The van der Waals surface area contributed by atoms with E-state index < -0.39 is 6.16 Å². The van der Waals surface area contributed by atoms with E-state index in [1.807, 2.05) is 0 Å². The molecule has 4 nitrogen and oxygen atoms in total. The van der Waals surface area contributed by atoms with E-state index in [0.29, 0.717) is 17.9 Å². The number of unbranched alkanes of at least 4 members (excludes halogenated alkanes) is 3. The second kappa shape index (κ2) is 8.28. The molecule has 0 saturated carbocycles. The highest BCUT2D eigenvalue weighted by Crippen LogP contribution is 2.12. The topological polar surface area (TPSA) is 52.6 Å². The Kier molecular flexibility index (Phi) is 6.54. The summed E-state index contributed by atoms with van der Waals surface area (Å²) in [7, 11) is 0. The summed E-state index contributed by atoms with van der Waals surface area (Å²) in [4.78, 5) is 21.7. The summed E-state index contributed by atoms with van der Waals surface area (Å²) >= 11 is 0. The number of ether oxygens (including phenoxy) is 2. The van der Waals surface area contributed by atoms with Crippen LogP contribution in [0.3, 0.4) is 0 Å². The fourth-order valence-electron chi connectivity index (χ4n) is 1.42. The monoisotopic (exact) mass is 250 g/mol. The smallest absolute Gasteiger partial charge is 0.434 e. The zero-order valence-corrected chi connectivity index (χ0v) is 10.6. The molecule has 18 heavy (non-hydrogen) atoms. The van der Waals surface area contributed by atoms with E-state index in [2.05, 4.69) is 6.92 Å². The number of benzene rings is 1. The van der Waals surface area contributed by atoms with Gasteiger partial charge in [0.1, 0.15) is 12.0 Å². The quantitative estimate of drug-likeness (QED) is 0.321. The molecule has 0 unspecified atom stereocenters. The molecule has 4 heteroatoms. The van der Waals surface area contributed by atoms with E-state index in [1.165, 1.54) is 0 Å². The Hall–Kier alpha value is -1.84. The van der Waals surface area contributed by atoms with Crippen molar-refractivity contribution in [2.45, 2.75) is 32.6 Å². The van der Waals surface area contributed by atoms with Crippen LogP contribution in [0.1, 0.15) is 43.0 Å². The van der Waals surface area contributed by atoms with Gasteiger partial charge in [-0.25, -0.2) is 4.79 Å². The summed E-state index contributed by atoms with van der Waals surface area (Å²) in [5.41, 5.74) is 0.537. The Morgan fingerprint density at radius 1 is 1.17 bits per heavy atom. The average molecular weight is 250 g/mol. The van der Waals surface area contributed by atoms with Crippen molar-refractivity contribution in [3.05, 3.63) is 29.8 Å². The second-order valence-electron chi connectivity index (χ2n) is 3.95. The van der Waals surface area contributed by atoms with E-state index in [1.54, 1.807) is 24.3 Å². The maximum atomic E-state index is 11.3. The minimum atomic E-state index is -0.703. The molecule has 0 N–H and O–H groups in total. The normalized spacial score (nSPS) is 9.83. The van der Waals surface area contributed by atoms with Crippen molar-refractivity contribution in [2.24, 2.45) is 0 Å². The van der Waals surface area contributed by atoms with Crippen LogP contribution in [-0.2, 0) is 4.74 Å². The predicted molar refractivity (Wildman–Crippen MR) is 67.9 cm³/mol. The lowest BCUT2D eigenvalue weighted by Gasteiger charge is -2.05. The molecule has 1 aromatic rings. The maximum absolute atomic E-state index is 11.3. The first kappa shape index (κ1) is 14.2. The standard InChI is InChI=1S/C14H18O4/c1-2-3-4-5-10-17-14(16)18-13-8-6-12(11-15)7-9-13/h6-9,11H,2-5,10H2,1H3. The summed E-state index contributed by atoms with van der Waals surface area (Å²) in [5.74, 6) is 0.374. The van der Waals surface area contributed by atoms with Crippen LogP contribution in [0.25, 0.3) is 0 Å². The van der Waals surface area contributed by atoms with Gasteiger partial charge in [0.15, 0.2) is 0 Å². The molecule has 0 aliphatic heterocycles. The molecule has 0 aliphatic rings. The lowest BCUT2D eigenvalue weighted by atomic mass is 10.2. The zero-order chi connectivity index (χ0) is 13.2. The van der Waals surface area contributed by atoms with Crippen LogP contribution in [0, 0.1) is 0 Å². The summed E-state index contributed by atoms with van der Waals surface area (Å²) in [6.07, 6.45) is 4.23. The zero-order valence-electron chi connectivity index (χ0n) is 10.6. The highest BCUT2D eigenvalue weighted by atomic mass is 16.7. The molecule has 98 valence electrons. The van der Waals surface area contributed by atoms with Gasteiger partial charge in [0.05, 0.1) is 6.61 Å². The number of carbonyl (C=O) groups is 2. The van der Waals surface area contributed by atoms with Crippen molar-refractivity contribution >= 4 is 12.4 Å². The lowest BCUT2D eigenvalue weighted by molar-refractivity contribution is 0.0973. The van der Waals surface area contributed by atoms with Gasteiger partial charge >= 0.3 is 6.16 Å². The van der Waals surface area contributed by atoms with E-state index in [4.69, 9.17) is 9.47 Å². The molecule has 0 bridgehead atoms. The van der Waals surface area contributed by atoms with Gasteiger partial charge in [-0.05, 0) is 30.7 Å². The molecular formula is C14H18O4. The Morgan fingerprint density at radius 2 is 1.89 bits per heavy atom. The Labute approximate surface area is 107 Å². The summed E-state index contributed by atoms with van der Waals surface area (Å²) in [6.45, 7) is 2.50. The van der Waals surface area contributed by atoms with Gasteiger partial charge in [0.25, 0.3) is 0 Å². The highest BCUT2D eigenvalue weighted by Gasteiger charge is 2.05. The summed E-state index contributed by atoms with van der Waals surface area (Å²) in [6, 6.07) is 6.28. The van der Waals surface area contributed by atoms with Gasteiger partial charge in [-0.3, -0.25) is 4.79 Å². The van der Waals surface area contributed by atoms with Crippen molar-refractivity contribution in [2.75, 3.05) is 6.61 Å². The van der Waals surface area contributed by atoms with Crippen LogP contribution in [0.5, 0.6) is 5.75 Å². The van der Waals surface area contributed by atoms with E-state index in [-0.39, 0.29) is 0 Å². The third-order valence-electron chi connectivity index (χ3n) is 2.44. The van der Waals surface area contributed by atoms with E-state index in [0.717, 1.165) is 32.0 Å². The predicted octanol–water partition coefficient (Wildman–Crippen LogP) is 3.59. The van der Waals surface area contributed by atoms with Crippen molar-refractivity contribution < 1.29 is 19.1 Å². The van der Waals surface area contributed by atoms with Gasteiger partial charge in [-0.15, -0.1) is 0 Å². The molecule has 1 rings (SSSR count). The van der Waals surface area contributed by atoms with E-state index in [9.17, 15) is 9.59 Å². The third-order valence-corrected chi connectivity index (χ3v) is 2.44. The second-order valence-corrected chi connectivity index (χ2v) is 3.95. The average Bonchev–Trinajstić information content (AvgIpc) is 2.39. The molecule has 0 aromatic heterocycles. The Morgan fingerprint density at radius 3 is 2.50 bits per heavy atom. The molecule has 0 atom stereocenters. The van der Waals surface area contributed by atoms with Crippen molar-refractivity contribution in [3.8, 4) is 5.75 Å². The van der Waals surface area contributed by atoms with Crippen LogP contribution >= 0.6 is 0 Å². The van der Waals surface area contributed by atoms with Crippen LogP contribution in [0.2, 0.25) is 0 Å². The molecule has 0 spiro atoms. The van der Waals surface area contributed by atoms with Gasteiger partial charge in [0.2, 0.25) is 0 Å². The lowest BCUT2D eigenvalue weighted by Crippen LogP contribution is -2.11. The fourth-order valence-corrected chi connectivity index (χ4v) is 1.42. The Balaban J connectivity index is 2.24. The van der Waals surface area contributed by atoms with Crippen LogP contribution in [-0.4, -0.2) is 19.0 Å². The summed E-state index contributed by atoms with van der Waals surface area (Å²) < 4.78 is 9.86. The van der Waals surface area contributed by atoms with Gasteiger partial charge in [0, 0.05) is 5.56 Å². The highest BCUT2D eigenvalue weighted by molar-refractivity contribution is 5.75. The third kappa shape index (κ3) is 5.48. The summed E-state index contributed by atoms with van der Waals surface area (Å²) in [5, 5.41) is 0. The maximum Gasteiger partial charge on any atom is 0.513 e. The molecule has 0 saturated heterocycles. The largest absolute Gasteiger partial charge is 0.513 e. The first-order valence-corrected chi connectivity index (χ1v) is 6.16. The van der Waals surface area contributed by atoms with Gasteiger partial charge in [-0.2, -0.15) is 0 Å². The minimum Gasteiger partial charge on any atom is -0.434 e. The number of hydrogen-bond donors (Lipinski definition) is 0. The molecular weight excluding hydrogens is 232 g/mol. The molecule has 1 aromatic carbocycles. The van der Waals surface area contributed by atoms with Crippen LogP contribution in [0.4, 0.5) is 4.79 Å². The molecule has 0 heterocycles. The van der Waals surface area contributed by atoms with Crippen molar-refractivity contribution in [3.63, 3.8) is 0 Å². The minimum absolute atomic E-state index is 0.374. The van der Waals surface area contributed by atoms with Gasteiger partial charge < -0.3 is 9.47 Å². The molecule has 0 fully saturated rings.